The Morgan fingerprint density at radius 2 is 2.00 bits per heavy atom. The molecule has 0 bridgehead atoms. The lowest BCUT2D eigenvalue weighted by molar-refractivity contribution is 0.0464. The predicted octanol–water partition coefficient (Wildman–Crippen LogP) is 2.59. The summed E-state index contributed by atoms with van der Waals surface area (Å²) in [5.74, 6) is 1.64. The molecule has 0 saturated heterocycles. The van der Waals surface area contributed by atoms with Gasteiger partial charge in [-0.15, -0.1) is 0 Å². The first kappa shape index (κ1) is 13.3. The highest BCUT2D eigenvalue weighted by Crippen LogP contribution is 2.29. The fraction of sp³-hybridized carbons (Fsp3) is 0.667. The monoisotopic (exact) mass is 248 g/mol. The molecule has 1 aliphatic carbocycles. The van der Waals surface area contributed by atoms with Crippen LogP contribution < -0.4 is 4.90 Å². The van der Waals surface area contributed by atoms with Gasteiger partial charge in [0.05, 0.1) is 6.10 Å². The largest absolute Gasteiger partial charge is 0.393 e. The van der Waals surface area contributed by atoms with Crippen LogP contribution in [0.1, 0.15) is 39.2 Å². The maximum Gasteiger partial charge on any atom is 0.128 e. The van der Waals surface area contributed by atoms with E-state index in [9.17, 15) is 5.11 Å². The van der Waals surface area contributed by atoms with Gasteiger partial charge < -0.3 is 10.0 Å². The summed E-state index contributed by atoms with van der Waals surface area (Å²) in [5, 5.41) is 9.29. The SMILES string of the molecule is CN(CC1CC(O)C1)c1ccc(C(C)(C)C)cn1. The zero-order chi connectivity index (χ0) is 13.3. The summed E-state index contributed by atoms with van der Waals surface area (Å²) in [5.41, 5.74) is 1.42. The van der Waals surface area contributed by atoms with Gasteiger partial charge in [-0.3, -0.25) is 0 Å². The maximum absolute atomic E-state index is 9.29. The van der Waals surface area contributed by atoms with Gasteiger partial charge in [0.2, 0.25) is 0 Å². The van der Waals surface area contributed by atoms with Crippen LogP contribution in [0.2, 0.25) is 0 Å². The lowest BCUT2D eigenvalue weighted by atomic mass is 9.82. The van der Waals surface area contributed by atoms with E-state index in [-0.39, 0.29) is 11.5 Å². The maximum atomic E-state index is 9.29. The average Bonchev–Trinajstić information content (AvgIpc) is 2.26. The summed E-state index contributed by atoms with van der Waals surface area (Å²) in [7, 11) is 2.07. The van der Waals surface area contributed by atoms with E-state index < -0.39 is 0 Å². The molecule has 0 amide bonds. The molecule has 0 aromatic carbocycles. The first-order chi connectivity index (χ1) is 8.36. The van der Waals surface area contributed by atoms with Crippen LogP contribution in [-0.4, -0.2) is 29.8 Å². The van der Waals surface area contributed by atoms with Gasteiger partial charge in [-0.05, 0) is 35.8 Å². The van der Waals surface area contributed by atoms with E-state index in [0.717, 1.165) is 25.2 Å². The Bertz CT molecular complexity index is 388. The van der Waals surface area contributed by atoms with Gasteiger partial charge in [0.1, 0.15) is 5.82 Å². The summed E-state index contributed by atoms with van der Waals surface area (Å²) in [6.07, 6.45) is 3.77. The van der Waals surface area contributed by atoms with Crippen molar-refractivity contribution in [2.24, 2.45) is 5.92 Å². The summed E-state index contributed by atoms with van der Waals surface area (Å²) < 4.78 is 0. The van der Waals surface area contributed by atoms with E-state index in [1.54, 1.807) is 0 Å². The lowest BCUT2D eigenvalue weighted by Crippen LogP contribution is -2.37. The van der Waals surface area contributed by atoms with E-state index in [1.165, 1.54) is 5.56 Å². The van der Waals surface area contributed by atoms with E-state index >= 15 is 0 Å². The quantitative estimate of drug-likeness (QED) is 0.893. The van der Waals surface area contributed by atoms with Gasteiger partial charge in [0.15, 0.2) is 0 Å². The second kappa shape index (κ2) is 4.88. The first-order valence-corrected chi connectivity index (χ1v) is 6.72. The Hall–Kier alpha value is -1.09. The van der Waals surface area contributed by atoms with Crippen LogP contribution in [0.25, 0.3) is 0 Å². The molecule has 1 aliphatic rings. The van der Waals surface area contributed by atoms with Crippen LogP contribution in [0.3, 0.4) is 0 Å². The highest BCUT2D eigenvalue weighted by atomic mass is 16.3. The highest BCUT2D eigenvalue weighted by molar-refractivity contribution is 5.39. The molecule has 0 spiro atoms. The Morgan fingerprint density at radius 1 is 1.33 bits per heavy atom. The molecule has 1 N–H and O–H groups in total. The van der Waals surface area contributed by atoms with Crippen LogP contribution in [0.15, 0.2) is 18.3 Å². The van der Waals surface area contributed by atoms with Crippen molar-refractivity contribution in [3.63, 3.8) is 0 Å². The standard InChI is InChI=1S/C15H24N2O/c1-15(2,3)12-5-6-14(16-9-12)17(4)10-11-7-13(18)8-11/h5-6,9,11,13,18H,7-8,10H2,1-4H3. The molecule has 0 radical (unpaired) electrons. The van der Waals surface area contributed by atoms with Gasteiger partial charge in [0.25, 0.3) is 0 Å². The topological polar surface area (TPSA) is 36.4 Å². The van der Waals surface area contributed by atoms with Gasteiger partial charge in [-0.1, -0.05) is 26.8 Å². The second-order valence-electron chi connectivity index (χ2n) is 6.53. The Labute approximate surface area is 110 Å². The van der Waals surface area contributed by atoms with Crippen molar-refractivity contribution in [2.45, 2.75) is 45.1 Å². The van der Waals surface area contributed by atoms with Gasteiger partial charge in [0, 0.05) is 19.8 Å². The number of aromatic nitrogens is 1. The van der Waals surface area contributed by atoms with Crippen molar-refractivity contribution in [2.75, 3.05) is 18.5 Å². The molecule has 0 aliphatic heterocycles. The number of aliphatic hydroxyl groups excluding tert-OH is 1. The Kier molecular flexibility index (Phi) is 3.62. The van der Waals surface area contributed by atoms with E-state index in [1.807, 2.05) is 6.20 Å². The van der Waals surface area contributed by atoms with E-state index in [0.29, 0.717) is 5.92 Å². The third-order valence-corrected chi connectivity index (χ3v) is 3.75. The van der Waals surface area contributed by atoms with Crippen molar-refractivity contribution in [3.05, 3.63) is 23.9 Å². The number of hydrogen-bond acceptors (Lipinski definition) is 3. The first-order valence-electron chi connectivity index (χ1n) is 6.72. The number of anilines is 1. The lowest BCUT2D eigenvalue weighted by Gasteiger charge is -2.34. The molecule has 100 valence electrons. The fourth-order valence-corrected chi connectivity index (χ4v) is 2.39. The molecule has 1 saturated carbocycles. The smallest absolute Gasteiger partial charge is 0.128 e. The molecular weight excluding hydrogens is 224 g/mol. The molecule has 1 aromatic heterocycles. The molecule has 3 nitrogen and oxygen atoms in total. The molecular formula is C15H24N2O. The van der Waals surface area contributed by atoms with E-state index in [2.05, 4.69) is 49.8 Å². The second-order valence-corrected chi connectivity index (χ2v) is 6.53. The molecule has 1 fully saturated rings. The summed E-state index contributed by atoms with van der Waals surface area (Å²) in [6.45, 7) is 7.58. The molecule has 3 heteroatoms. The minimum atomic E-state index is -0.0698. The Balaban J connectivity index is 1.96. The summed E-state index contributed by atoms with van der Waals surface area (Å²) in [4.78, 5) is 6.72. The van der Waals surface area contributed by atoms with Gasteiger partial charge >= 0.3 is 0 Å². The molecule has 1 aromatic rings. The number of hydrogen-bond donors (Lipinski definition) is 1. The third kappa shape index (κ3) is 3.02. The molecule has 0 unspecified atom stereocenters. The van der Waals surface area contributed by atoms with Crippen molar-refractivity contribution in [1.82, 2.24) is 4.98 Å². The number of pyridine rings is 1. The van der Waals surface area contributed by atoms with Crippen molar-refractivity contribution < 1.29 is 5.11 Å². The fourth-order valence-electron chi connectivity index (χ4n) is 2.39. The van der Waals surface area contributed by atoms with Crippen molar-refractivity contribution >= 4 is 5.82 Å². The zero-order valence-electron chi connectivity index (χ0n) is 11.8. The summed E-state index contributed by atoms with van der Waals surface area (Å²) in [6, 6.07) is 4.25. The predicted molar refractivity (Wildman–Crippen MR) is 74.9 cm³/mol. The number of aliphatic hydroxyl groups is 1. The van der Waals surface area contributed by atoms with Crippen molar-refractivity contribution in [3.8, 4) is 0 Å². The molecule has 2 rings (SSSR count). The normalized spacial score (nSPS) is 23.6. The number of rotatable bonds is 3. The highest BCUT2D eigenvalue weighted by Gasteiger charge is 2.28. The van der Waals surface area contributed by atoms with Crippen LogP contribution in [-0.2, 0) is 5.41 Å². The minimum absolute atomic E-state index is 0.0698. The van der Waals surface area contributed by atoms with Gasteiger partial charge in [-0.2, -0.15) is 0 Å². The number of nitrogens with zero attached hydrogens (tertiary/aromatic N) is 2. The van der Waals surface area contributed by atoms with Crippen LogP contribution in [0, 0.1) is 5.92 Å². The average molecular weight is 248 g/mol. The molecule has 1 heterocycles. The summed E-state index contributed by atoms with van der Waals surface area (Å²) >= 11 is 0. The van der Waals surface area contributed by atoms with Crippen LogP contribution in [0.4, 0.5) is 5.82 Å². The Morgan fingerprint density at radius 3 is 2.44 bits per heavy atom. The van der Waals surface area contributed by atoms with E-state index in [4.69, 9.17) is 0 Å². The third-order valence-electron chi connectivity index (χ3n) is 3.75. The minimum Gasteiger partial charge on any atom is -0.393 e. The molecule has 0 atom stereocenters. The van der Waals surface area contributed by atoms with Gasteiger partial charge in [-0.25, -0.2) is 4.98 Å². The van der Waals surface area contributed by atoms with Crippen LogP contribution >= 0.6 is 0 Å². The van der Waals surface area contributed by atoms with Crippen LogP contribution in [0.5, 0.6) is 0 Å². The zero-order valence-corrected chi connectivity index (χ0v) is 11.8. The van der Waals surface area contributed by atoms with Crippen molar-refractivity contribution in [1.29, 1.82) is 0 Å². The molecule has 18 heavy (non-hydrogen) atoms.